The van der Waals surface area contributed by atoms with Crippen LogP contribution < -0.4 is 5.32 Å². The predicted molar refractivity (Wildman–Crippen MR) is 103 cm³/mol. The molecule has 3 heterocycles. The van der Waals surface area contributed by atoms with Crippen LogP contribution in [0.1, 0.15) is 29.8 Å². The van der Waals surface area contributed by atoms with Gasteiger partial charge < -0.3 is 10.2 Å². The molecule has 7 heteroatoms. The Balaban J connectivity index is 0.00000113. The van der Waals surface area contributed by atoms with Crippen molar-refractivity contribution in [1.82, 2.24) is 19.8 Å². The van der Waals surface area contributed by atoms with E-state index in [0.29, 0.717) is 11.1 Å². The van der Waals surface area contributed by atoms with Crippen LogP contribution in [0.4, 0.5) is 0 Å². The van der Waals surface area contributed by atoms with Crippen molar-refractivity contribution in [3.05, 3.63) is 48.5 Å². The van der Waals surface area contributed by atoms with Gasteiger partial charge in [0.2, 0.25) is 0 Å². The van der Waals surface area contributed by atoms with Crippen LogP contribution in [0, 0.1) is 5.41 Å². The van der Waals surface area contributed by atoms with Crippen molar-refractivity contribution in [2.45, 2.75) is 19.3 Å². The van der Waals surface area contributed by atoms with Gasteiger partial charge in [-0.3, -0.25) is 9.36 Å². The summed E-state index contributed by atoms with van der Waals surface area (Å²) in [7, 11) is 0. The number of nitrogens with one attached hydrogen (secondary N) is 1. The number of rotatable bonds is 2. The maximum Gasteiger partial charge on any atom is 0.272 e. The Labute approximate surface area is 160 Å². The zero-order chi connectivity index (χ0) is 15.7. The predicted octanol–water partition coefficient (Wildman–Crippen LogP) is 2.93. The first-order chi connectivity index (χ1) is 11.3. The fourth-order valence-electron chi connectivity index (χ4n) is 3.82. The molecule has 1 spiro atoms. The summed E-state index contributed by atoms with van der Waals surface area (Å²) in [5, 5.41) is 3.47. The van der Waals surface area contributed by atoms with Crippen LogP contribution >= 0.6 is 24.8 Å². The molecule has 2 fully saturated rings. The van der Waals surface area contributed by atoms with Gasteiger partial charge in [0.1, 0.15) is 5.69 Å². The zero-order valence-corrected chi connectivity index (χ0v) is 15.7. The van der Waals surface area contributed by atoms with E-state index in [9.17, 15) is 4.79 Å². The molecule has 2 aromatic rings. The number of imidazole rings is 1. The first kappa shape index (κ1) is 19.8. The van der Waals surface area contributed by atoms with Crippen LogP contribution in [0.5, 0.6) is 0 Å². The second-order valence-electron chi connectivity index (χ2n) is 6.70. The van der Waals surface area contributed by atoms with E-state index in [4.69, 9.17) is 0 Å². The summed E-state index contributed by atoms with van der Waals surface area (Å²) < 4.78 is 1.88. The van der Waals surface area contributed by atoms with Gasteiger partial charge >= 0.3 is 0 Å². The monoisotopic (exact) mass is 382 g/mol. The molecule has 1 amide bonds. The number of likely N-dealkylation sites (tertiary alicyclic amines) is 1. The lowest BCUT2D eigenvalue weighted by Gasteiger charge is -2.38. The van der Waals surface area contributed by atoms with E-state index in [0.717, 1.165) is 44.7 Å². The molecule has 2 aliphatic rings. The van der Waals surface area contributed by atoms with Gasteiger partial charge in [-0.15, -0.1) is 24.8 Å². The topological polar surface area (TPSA) is 50.2 Å². The minimum atomic E-state index is 0. The molecule has 0 bridgehead atoms. The number of aromatic nitrogens is 2. The molecular formula is C18H24Cl2N4O. The number of halogens is 2. The molecule has 136 valence electrons. The highest BCUT2D eigenvalue weighted by Crippen LogP contribution is 2.37. The lowest BCUT2D eigenvalue weighted by molar-refractivity contribution is 0.0600. The van der Waals surface area contributed by atoms with E-state index in [2.05, 4.69) is 10.3 Å². The van der Waals surface area contributed by atoms with Crippen molar-refractivity contribution >= 4 is 30.7 Å². The standard InChI is InChI=1S/C18H22N4O.2ClH/c23-17(21-10-7-18(8-11-21)6-9-19-13-18)16-12-20-14-22(16)15-4-2-1-3-5-15;;/h1-5,12,14,19H,6-11,13H2;2*1H. The number of hydrogen-bond acceptors (Lipinski definition) is 3. The van der Waals surface area contributed by atoms with Crippen molar-refractivity contribution < 1.29 is 4.79 Å². The maximum absolute atomic E-state index is 12.9. The number of carbonyl (C=O) groups is 1. The van der Waals surface area contributed by atoms with Gasteiger partial charge in [-0.2, -0.15) is 0 Å². The van der Waals surface area contributed by atoms with Crippen LogP contribution in [-0.2, 0) is 0 Å². The van der Waals surface area contributed by atoms with E-state index in [1.807, 2.05) is 39.8 Å². The average molecular weight is 383 g/mol. The Morgan fingerprint density at radius 2 is 1.80 bits per heavy atom. The van der Waals surface area contributed by atoms with Crippen LogP contribution in [-0.4, -0.2) is 46.5 Å². The third-order valence-corrected chi connectivity index (χ3v) is 5.34. The van der Waals surface area contributed by atoms with Gasteiger partial charge in [-0.25, -0.2) is 4.98 Å². The van der Waals surface area contributed by atoms with Crippen molar-refractivity contribution in [3.8, 4) is 5.69 Å². The fourth-order valence-corrected chi connectivity index (χ4v) is 3.82. The number of benzene rings is 1. The van der Waals surface area contributed by atoms with Gasteiger partial charge in [0.25, 0.3) is 5.91 Å². The highest BCUT2D eigenvalue weighted by molar-refractivity contribution is 5.93. The summed E-state index contributed by atoms with van der Waals surface area (Å²) in [4.78, 5) is 19.1. The first-order valence-corrected chi connectivity index (χ1v) is 8.35. The van der Waals surface area contributed by atoms with Crippen molar-refractivity contribution in [2.24, 2.45) is 5.41 Å². The Morgan fingerprint density at radius 3 is 2.44 bits per heavy atom. The van der Waals surface area contributed by atoms with Gasteiger partial charge in [-0.05, 0) is 43.4 Å². The molecule has 5 nitrogen and oxygen atoms in total. The molecule has 0 atom stereocenters. The van der Waals surface area contributed by atoms with E-state index < -0.39 is 0 Å². The summed E-state index contributed by atoms with van der Waals surface area (Å²) >= 11 is 0. The SMILES string of the molecule is Cl.Cl.O=C(c1cncn1-c1ccccc1)N1CCC2(CCNC2)CC1. The number of piperidine rings is 1. The van der Waals surface area contributed by atoms with Gasteiger partial charge in [0, 0.05) is 25.3 Å². The molecule has 25 heavy (non-hydrogen) atoms. The van der Waals surface area contributed by atoms with Crippen molar-refractivity contribution in [3.63, 3.8) is 0 Å². The minimum absolute atomic E-state index is 0. The Bertz CT molecular complexity index is 688. The molecule has 1 N–H and O–H groups in total. The van der Waals surface area contributed by atoms with Gasteiger partial charge in [0.05, 0.1) is 12.5 Å². The first-order valence-electron chi connectivity index (χ1n) is 8.35. The maximum atomic E-state index is 12.9. The Hall–Kier alpha value is -1.56. The third kappa shape index (κ3) is 3.84. The minimum Gasteiger partial charge on any atom is -0.337 e. The van der Waals surface area contributed by atoms with Gasteiger partial charge in [0.15, 0.2) is 0 Å². The van der Waals surface area contributed by atoms with E-state index in [1.165, 1.54) is 6.42 Å². The van der Waals surface area contributed by atoms with Crippen molar-refractivity contribution in [1.29, 1.82) is 0 Å². The highest BCUT2D eigenvalue weighted by Gasteiger charge is 2.38. The quantitative estimate of drug-likeness (QED) is 0.868. The molecule has 0 unspecified atom stereocenters. The lowest BCUT2D eigenvalue weighted by Crippen LogP contribution is -2.44. The van der Waals surface area contributed by atoms with E-state index in [1.54, 1.807) is 12.5 Å². The molecule has 1 aromatic carbocycles. The largest absolute Gasteiger partial charge is 0.337 e. The Morgan fingerprint density at radius 1 is 1.08 bits per heavy atom. The number of carbonyl (C=O) groups excluding carboxylic acids is 1. The lowest BCUT2D eigenvalue weighted by atomic mass is 9.78. The summed E-state index contributed by atoms with van der Waals surface area (Å²) in [5.41, 5.74) is 2.05. The second-order valence-corrected chi connectivity index (χ2v) is 6.70. The summed E-state index contributed by atoms with van der Waals surface area (Å²) in [6.45, 7) is 3.92. The van der Waals surface area contributed by atoms with Gasteiger partial charge in [-0.1, -0.05) is 18.2 Å². The molecule has 0 aliphatic carbocycles. The molecule has 1 aromatic heterocycles. The molecule has 0 radical (unpaired) electrons. The number of nitrogens with zero attached hydrogens (tertiary/aromatic N) is 3. The summed E-state index contributed by atoms with van der Waals surface area (Å²) in [6.07, 6.45) is 6.85. The molecular weight excluding hydrogens is 359 g/mol. The average Bonchev–Trinajstić information content (AvgIpc) is 3.26. The summed E-state index contributed by atoms with van der Waals surface area (Å²) in [5.74, 6) is 0.0900. The normalized spacial score (nSPS) is 18.5. The highest BCUT2D eigenvalue weighted by atomic mass is 35.5. The number of para-hydroxylation sites is 1. The van der Waals surface area contributed by atoms with Crippen LogP contribution in [0.25, 0.3) is 5.69 Å². The van der Waals surface area contributed by atoms with Crippen LogP contribution in [0.2, 0.25) is 0 Å². The van der Waals surface area contributed by atoms with Crippen molar-refractivity contribution in [2.75, 3.05) is 26.2 Å². The fraction of sp³-hybridized carbons (Fsp3) is 0.444. The Kier molecular flexibility index (Phi) is 6.49. The molecule has 2 saturated heterocycles. The van der Waals surface area contributed by atoms with E-state index >= 15 is 0 Å². The molecule has 4 rings (SSSR count). The van der Waals surface area contributed by atoms with E-state index in [-0.39, 0.29) is 30.7 Å². The van der Waals surface area contributed by atoms with Crippen LogP contribution in [0.15, 0.2) is 42.9 Å². The molecule has 2 aliphatic heterocycles. The molecule has 0 saturated carbocycles. The second kappa shape index (κ2) is 8.21. The number of hydrogen-bond donors (Lipinski definition) is 1. The zero-order valence-electron chi connectivity index (χ0n) is 14.1. The number of amides is 1. The third-order valence-electron chi connectivity index (χ3n) is 5.34. The van der Waals surface area contributed by atoms with Crippen LogP contribution in [0.3, 0.4) is 0 Å². The summed E-state index contributed by atoms with van der Waals surface area (Å²) in [6, 6.07) is 9.91. The smallest absolute Gasteiger partial charge is 0.272 e.